The van der Waals surface area contributed by atoms with E-state index in [1.165, 1.54) is 38.5 Å². The van der Waals surface area contributed by atoms with Crippen LogP contribution < -0.4 is 0 Å². The monoisotopic (exact) mass is 228 g/mol. The van der Waals surface area contributed by atoms with Crippen molar-refractivity contribution in [2.45, 2.75) is 65.4 Å². The lowest BCUT2D eigenvalue weighted by Crippen LogP contribution is -2.32. The molecule has 0 amide bonds. The summed E-state index contributed by atoms with van der Waals surface area (Å²) in [4.78, 5) is 0. The molecule has 0 N–H and O–H groups in total. The maximum atomic E-state index is 5.72. The van der Waals surface area contributed by atoms with Crippen LogP contribution in [-0.4, -0.2) is 25.9 Å². The van der Waals surface area contributed by atoms with Crippen LogP contribution in [0.5, 0.6) is 0 Å². The van der Waals surface area contributed by atoms with Crippen LogP contribution in [-0.2, 0) is 9.47 Å². The standard InChI is InChI=1S/C14H28O2/c1-4-8-14(5-2,6-3)9-11-15-12-13-7-10-16-13/h13H,4-12H2,1-3H3. The Hall–Kier alpha value is -0.0800. The van der Waals surface area contributed by atoms with Crippen molar-refractivity contribution in [2.24, 2.45) is 5.41 Å². The quantitative estimate of drug-likeness (QED) is 0.559. The van der Waals surface area contributed by atoms with Gasteiger partial charge >= 0.3 is 0 Å². The molecule has 0 aromatic carbocycles. The molecule has 1 saturated heterocycles. The summed E-state index contributed by atoms with van der Waals surface area (Å²) in [5.41, 5.74) is 0.523. The van der Waals surface area contributed by atoms with Gasteiger partial charge in [-0.1, -0.05) is 40.0 Å². The molecule has 16 heavy (non-hydrogen) atoms. The van der Waals surface area contributed by atoms with Crippen molar-refractivity contribution >= 4 is 0 Å². The Morgan fingerprint density at radius 3 is 2.31 bits per heavy atom. The van der Waals surface area contributed by atoms with Crippen LogP contribution in [0.15, 0.2) is 0 Å². The maximum Gasteiger partial charge on any atom is 0.0830 e. The molecule has 0 bridgehead atoms. The Labute approximate surface area is 101 Å². The molecule has 1 aliphatic heterocycles. The van der Waals surface area contributed by atoms with Crippen LogP contribution in [0.4, 0.5) is 0 Å². The lowest BCUT2D eigenvalue weighted by Gasteiger charge is -2.32. The van der Waals surface area contributed by atoms with Crippen LogP contribution in [0.3, 0.4) is 0 Å². The van der Waals surface area contributed by atoms with Crippen molar-refractivity contribution < 1.29 is 9.47 Å². The lowest BCUT2D eigenvalue weighted by molar-refractivity contribution is -0.0966. The highest BCUT2D eigenvalue weighted by molar-refractivity contribution is 4.76. The first-order valence-electron chi connectivity index (χ1n) is 6.95. The van der Waals surface area contributed by atoms with E-state index in [4.69, 9.17) is 9.47 Å². The van der Waals surface area contributed by atoms with Crippen molar-refractivity contribution in [3.05, 3.63) is 0 Å². The van der Waals surface area contributed by atoms with Gasteiger partial charge in [0.25, 0.3) is 0 Å². The first kappa shape index (κ1) is 14.0. The van der Waals surface area contributed by atoms with Gasteiger partial charge in [0.2, 0.25) is 0 Å². The van der Waals surface area contributed by atoms with Gasteiger partial charge in [-0.25, -0.2) is 0 Å². The minimum absolute atomic E-state index is 0.392. The van der Waals surface area contributed by atoms with Crippen molar-refractivity contribution in [3.8, 4) is 0 Å². The zero-order valence-corrected chi connectivity index (χ0v) is 11.3. The summed E-state index contributed by atoms with van der Waals surface area (Å²) in [5, 5.41) is 0. The van der Waals surface area contributed by atoms with Gasteiger partial charge in [0.15, 0.2) is 0 Å². The average Bonchev–Trinajstić information content (AvgIpc) is 2.25. The van der Waals surface area contributed by atoms with Crippen LogP contribution in [0.25, 0.3) is 0 Å². The fraction of sp³-hybridized carbons (Fsp3) is 1.00. The Bertz CT molecular complexity index is 172. The molecule has 1 unspecified atom stereocenters. The molecule has 1 rings (SSSR count). The van der Waals surface area contributed by atoms with E-state index in [0.29, 0.717) is 11.5 Å². The predicted molar refractivity (Wildman–Crippen MR) is 67.7 cm³/mol. The topological polar surface area (TPSA) is 18.5 Å². The summed E-state index contributed by atoms with van der Waals surface area (Å²) >= 11 is 0. The predicted octanol–water partition coefficient (Wildman–Crippen LogP) is 3.79. The van der Waals surface area contributed by atoms with E-state index in [1.807, 2.05) is 0 Å². The SMILES string of the molecule is CCCC(CC)(CC)CCOCC1CCO1. The number of rotatable bonds is 9. The van der Waals surface area contributed by atoms with Gasteiger partial charge in [0, 0.05) is 13.2 Å². The summed E-state index contributed by atoms with van der Waals surface area (Å²) in [5.74, 6) is 0. The van der Waals surface area contributed by atoms with Crippen molar-refractivity contribution in [1.29, 1.82) is 0 Å². The van der Waals surface area contributed by atoms with Gasteiger partial charge in [-0.2, -0.15) is 0 Å². The summed E-state index contributed by atoms with van der Waals surface area (Å²) in [6.07, 6.45) is 7.96. The third kappa shape index (κ3) is 4.06. The van der Waals surface area contributed by atoms with Crippen LogP contribution in [0.2, 0.25) is 0 Å². The molecule has 1 atom stereocenters. The van der Waals surface area contributed by atoms with E-state index in [9.17, 15) is 0 Å². The van der Waals surface area contributed by atoms with Crippen LogP contribution in [0.1, 0.15) is 59.3 Å². The van der Waals surface area contributed by atoms with E-state index in [1.54, 1.807) is 0 Å². The molecule has 0 aromatic heterocycles. The average molecular weight is 228 g/mol. The van der Waals surface area contributed by atoms with E-state index in [2.05, 4.69) is 20.8 Å². The molecule has 0 radical (unpaired) electrons. The minimum atomic E-state index is 0.392. The Kier molecular flexibility index (Phi) is 6.37. The van der Waals surface area contributed by atoms with E-state index >= 15 is 0 Å². The summed E-state index contributed by atoms with van der Waals surface area (Å²) < 4.78 is 11.1. The Balaban J connectivity index is 2.14. The Morgan fingerprint density at radius 1 is 1.19 bits per heavy atom. The molecule has 0 spiro atoms. The zero-order chi connectivity index (χ0) is 11.9. The van der Waals surface area contributed by atoms with Gasteiger partial charge in [-0.3, -0.25) is 0 Å². The largest absolute Gasteiger partial charge is 0.379 e. The van der Waals surface area contributed by atoms with Crippen molar-refractivity contribution in [1.82, 2.24) is 0 Å². The third-order valence-electron chi connectivity index (χ3n) is 4.15. The molecule has 0 aliphatic carbocycles. The fourth-order valence-electron chi connectivity index (χ4n) is 2.53. The van der Waals surface area contributed by atoms with Gasteiger partial charge in [0.05, 0.1) is 12.7 Å². The Morgan fingerprint density at radius 2 is 1.88 bits per heavy atom. The molecule has 0 aromatic rings. The zero-order valence-electron chi connectivity index (χ0n) is 11.3. The highest BCUT2D eigenvalue weighted by atomic mass is 16.5. The fourth-order valence-corrected chi connectivity index (χ4v) is 2.53. The first-order valence-corrected chi connectivity index (χ1v) is 6.95. The van der Waals surface area contributed by atoms with Crippen molar-refractivity contribution in [3.63, 3.8) is 0 Å². The maximum absolute atomic E-state index is 5.72. The first-order chi connectivity index (χ1) is 7.76. The number of hydrogen-bond acceptors (Lipinski definition) is 2. The molecule has 96 valence electrons. The molecule has 0 saturated carbocycles. The normalized spacial score (nSPS) is 20.8. The lowest BCUT2D eigenvalue weighted by atomic mass is 9.76. The highest BCUT2D eigenvalue weighted by Gasteiger charge is 2.25. The third-order valence-corrected chi connectivity index (χ3v) is 4.15. The molecule has 1 heterocycles. The van der Waals surface area contributed by atoms with Gasteiger partial charge in [-0.05, 0) is 24.7 Å². The summed E-state index contributed by atoms with van der Waals surface area (Å²) in [7, 11) is 0. The van der Waals surface area contributed by atoms with Gasteiger partial charge in [-0.15, -0.1) is 0 Å². The molecule has 2 heteroatoms. The second-order valence-corrected chi connectivity index (χ2v) is 5.06. The van der Waals surface area contributed by atoms with E-state index in [-0.39, 0.29) is 0 Å². The van der Waals surface area contributed by atoms with Gasteiger partial charge in [0.1, 0.15) is 0 Å². The number of hydrogen-bond donors (Lipinski definition) is 0. The summed E-state index contributed by atoms with van der Waals surface area (Å²) in [6.45, 7) is 9.54. The highest BCUT2D eigenvalue weighted by Crippen LogP contribution is 2.35. The minimum Gasteiger partial charge on any atom is -0.379 e. The molecular weight excluding hydrogens is 200 g/mol. The van der Waals surface area contributed by atoms with Crippen LogP contribution >= 0.6 is 0 Å². The second kappa shape index (κ2) is 7.29. The van der Waals surface area contributed by atoms with E-state index in [0.717, 1.165) is 19.8 Å². The molecule has 2 nitrogen and oxygen atoms in total. The van der Waals surface area contributed by atoms with Crippen molar-refractivity contribution in [2.75, 3.05) is 19.8 Å². The van der Waals surface area contributed by atoms with E-state index < -0.39 is 0 Å². The second-order valence-electron chi connectivity index (χ2n) is 5.06. The molecule has 1 aliphatic rings. The summed E-state index contributed by atoms with van der Waals surface area (Å²) in [6, 6.07) is 0. The van der Waals surface area contributed by atoms with Crippen LogP contribution in [0, 0.1) is 5.41 Å². The smallest absolute Gasteiger partial charge is 0.0830 e. The molecular formula is C14H28O2. The number of ether oxygens (including phenoxy) is 2. The van der Waals surface area contributed by atoms with Gasteiger partial charge < -0.3 is 9.47 Å². The molecule has 1 fully saturated rings.